The molecule has 2 amide bonds. The van der Waals surface area contributed by atoms with Crippen molar-refractivity contribution in [1.29, 1.82) is 0 Å². The van der Waals surface area contributed by atoms with Gasteiger partial charge in [0, 0.05) is 19.7 Å². The van der Waals surface area contributed by atoms with Crippen molar-refractivity contribution in [3.05, 3.63) is 71.9 Å². The van der Waals surface area contributed by atoms with Crippen molar-refractivity contribution >= 4 is 17.6 Å². The number of H-pyrrole nitrogens is 1. The zero-order valence-corrected chi connectivity index (χ0v) is 15.3. The second-order valence-corrected chi connectivity index (χ2v) is 6.47. The fraction of sp³-hybridized carbons (Fsp3) is 0.200. The van der Waals surface area contributed by atoms with Gasteiger partial charge >= 0.3 is 0 Å². The van der Waals surface area contributed by atoms with E-state index in [1.54, 1.807) is 25.4 Å². The van der Waals surface area contributed by atoms with Crippen LogP contribution in [-0.2, 0) is 11.2 Å². The monoisotopic (exact) mass is 377 g/mol. The molecule has 142 valence electrons. The number of rotatable bonds is 4. The Morgan fingerprint density at radius 2 is 2.07 bits per heavy atom. The molecule has 0 spiro atoms. The van der Waals surface area contributed by atoms with Crippen LogP contribution in [0.4, 0.5) is 5.82 Å². The number of carbonyl (C=O) groups excluding carboxylic acids is 2. The number of aromatic nitrogens is 3. The molecule has 0 aliphatic carbocycles. The minimum Gasteiger partial charge on any atom is -0.487 e. The van der Waals surface area contributed by atoms with Gasteiger partial charge in [-0.2, -0.15) is 0 Å². The Bertz CT molecular complexity index is 1000. The summed E-state index contributed by atoms with van der Waals surface area (Å²) in [5.41, 5.74) is 1.38. The second-order valence-electron chi connectivity index (χ2n) is 6.47. The van der Waals surface area contributed by atoms with Crippen molar-refractivity contribution in [3.63, 3.8) is 0 Å². The molecular formula is C20H19N5O3. The van der Waals surface area contributed by atoms with Crippen LogP contribution in [0.25, 0.3) is 0 Å². The highest BCUT2D eigenvalue weighted by Crippen LogP contribution is 2.27. The first kappa shape index (κ1) is 17.7. The summed E-state index contributed by atoms with van der Waals surface area (Å²) in [6.45, 7) is 0.0264. The van der Waals surface area contributed by atoms with Gasteiger partial charge in [0.2, 0.25) is 0 Å². The SMILES string of the molecule is CN1C(=O)[C@@H](NC(=O)c2cnc(Cc3ccccc3)[nH]2)COc2cccnc21. The Balaban J connectivity index is 1.45. The first-order valence-electron chi connectivity index (χ1n) is 8.86. The maximum Gasteiger partial charge on any atom is 0.270 e. The molecule has 0 unspecified atom stereocenters. The summed E-state index contributed by atoms with van der Waals surface area (Å²) in [5, 5.41) is 2.71. The standard InChI is InChI=1S/C20H19N5O3/c1-25-18-16(8-5-9-21-18)28-12-15(20(25)27)24-19(26)14-11-22-17(23-14)10-13-6-3-2-4-7-13/h2-9,11,15H,10,12H2,1H3,(H,22,23)(H,24,26)/t15-/m0/s1. The molecule has 0 radical (unpaired) electrons. The lowest BCUT2D eigenvalue weighted by Crippen LogP contribution is -2.49. The van der Waals surface area contributed by atoms with Crippen molar-refractivity contribution in [2.75, 3.05) is 18.6 Å². The fourth-order valence-corrected chi connectivity index (χ4v) is 3.03. The Morgan fingerprint density at radius 1 is 1.25 bits per heavy atom. The van der Waals surface area contributed by atoms with E-state index in [-0.39, 0.29) is 12.5 Å². The lowest BCUT2D eigenvalue weighted by Gasteiger charge is -2.19. The predicted octanol–water partition coefficient (Wildman–Crippen LogP) is 1.55. The molecular weight excluding hydrogens is 358 g/mol. The van der Waals surface area contributed by atoms with E-state index in [2.05, 4.69) is 20.3 Å². The summed E-state index contributed by atoms with van der Waals surface area (Å²) >= 11 is 0. The highest BCUT2D eigenvalue weighted by atomic mass is 16.5. The minimum absolute atomic E-state index is 0.0264. The minimum atomic E-state index is -0.826. The molecule has 2 aromatic heterocycles. The van der Waals surface area contributed by atoms with Crippen LogP contribution >= 0.6 is 0 Å². The van der Waals surface area contributed by atoms with E-state index < -0.39 is 11.9 Å². The molecule has 1 aliphatic heterocycles. The third kappa shape index (κ3) is 3.57. The topological polar surface area (TPSA) is 100 Å². The summed E-state index contributed by atoms with van der Waals surface area (Å²) in [7, 11) is 1.61. The van der Waals surface area contributed by atoms with Crippen LogP contribution in [0.2, 0.25) is 0 Å². The van der Waals surface area contributed by atoms with Crippen LogP contribution in [0, 0.1) is 0 Å². The lowest BCUT2D eigenvalue weighted by atomic mass is 10.1. The first-order chi connectivity index (χ1) is 13.6. The number of imidazole rings is 1. The number of likely N-dealkylation sites (N-methyl/N-ethyl adjacent to an activating group) is 1. The number of benzene rings is 1. The van der Waals surface area contributed by atoms with E-state index in [0.29, 0.717) is 29.5 Å². The number of amides is 2. The number of fused-ring (bicyclic) bond motifs is 1. The molecule has 0 bridgehead atoms. The van der Waals surface area contributed by atoms with Crippen LogP contribution in [0.15, 0.2) is 54.9 Å². The van der Waals surface area contributed by atoms with Crippen molar-refractivity contribution in [2.45, 2.75) is 12.5 Å². The van der Waals surface area contributed by atoms with Gasteiger partial charge in [-0.05, 0) is 17.7 Å². The molecule has 4 rings (SSSR count). The maximum atomic E-state index is 12.7. The normalized spacial score (nSPS) is 16.1. The van der Waals surface area contributed by atoms with Crippen LogP contribution in [-0.4, -0.2) is 46.5 Å². The lowest BCUT2D eigenvalue weighted by molar-refractivity contribution is -0.120. The highest BCUT2D eigenvalue weighted by molar-refractivity contribution is 6.02. The fourth-order valence-electron chi connectivity index (χ4n) is 3.03. The summed E-state index contributed by atoms with van der Waals surface area (Å²) in [6.07, 6.45) is 3.64. The molecule has 8 nitrogen and oxygen atoms in total. The van der Waals surface area contributed by atoms with Crippen molar-refractivity contribution in [1.82, 2.24) is 20.3 Å². The van der Waals surface area contributed by atoms with Gasteiger partial charge in [0.25, 0.3) is 11.8 Å². The highest BCUT2D eigenvalue weighted by Gasteiger charge is 2.31. The molecule has 3 heterocycles. The summed E-state index contributed by atoms with van der Waals surface area (Å²) in [4.78, 5) is 38.1. The zero-order valence-electron chi connectivity index (χ0n) is 15.3. The zero-order chi connectivity index (χ0) is 19.5. The van der Waals surface area contributed by atoms with E-state index in [9.17, 15) is 9.59 Å². The molecule has 2 N–H and O–H groups in total. The molecule has 1 atom stereocenters. The summed E-state index contributed by atoms with van der Waals surface area (Å²) < 4.78 is 5.66. The molecule has 28 heavy (non-hydrogen) atoms. The van der Waals surface area contributed by atoms with Crippen LogP contribution in [0.5, 0.6) is 5.75 Å². The van der Waals surface area contributed by atoms with Crippen LogP contribution in [0.3, 0.4) is 0 Å². The largest absolute Gasteiger partial charge is 0.487 e. The average molecular weight is 377 g/mol. The van der Waals surface area contributed by atoms with E-state index in [1.807, 2.05) is 30.3 Å². The molecule has 3 aromatic rings. The average Bonchev–Trinajstić information content (AvgIpc) is 3.15. The quantitative estimate of drug-likeness (QED) is 0.719. The maximum absolute atomic E-state index is 12.7. The first-order valence-corrected chi connectivity index (χ1v) is 8.86. The number of nitrogens with zero attached hydrogens (tertiary/aromatic N) is 3. The van der Waals surface area contributed by atoms with E-state index >= 15 is 0 Å². The number of aromatic amines is 1. The summed E-state index contributed by atoms with van der Waals surface area (Å²) in [5.74, 6) is 0.891. The van der Waals surface area contributed by atoms with Gasteiger partial charge in [0.05, 0.1) is 6.20 Å². The number of anilines is 1. The van der Waals surface area contributed by atoms with Crippen molar-refractivity contribution in [3.8, 4) is 5.75 Å². The van der Waals surface area contributed by atoms with Gasteiger partial charge in [0.15, 0.2) is 11.6 Å². The molecule has 1 aromatic carbocycles. The number of carbonyl (C=O) groups is 2. The molecule has 0 saturated heterocycles. The Labute approximate surface area is 161 Å². The molecule has 0 fully saturated rings. The van der Waals surface area contributed by atoms with Crippen LogP contribution in [0.1, 0.15) is 21.9 Å². The smallest absolute Gasteiger partial charge is 0.270 e. The Morgan fingerprint density at radius 3 is 2.89 bits per heavy atom. The number of nitrogens with one attached hydrogen (secondary N) is 2. The van der Waals surface area contributed by atoms with Crippen molar-refractivity contribution in [2.24, 2.45) is 0 Å². The Kier molecular flexibility index (Phi) is 4.76. The molecule has 1 aliphatic rings. The van der Waals surface area contributed by atoms with Gasteiger partial charge in [-0.3, -0.25) is 14.5 Å². The number of pyridine rings is 1. The number of hydrogen-bond acceptors (Lipinski definition) is 5. The van der Waals surface area contributed by atoms with E-state index in [0.717, 1.165) is 5.56 Å². The van der Waals surface area contributed by atoms with Crippen molar-refractivity contribution < 1.29 is 14.3 Å². The van der Waals surface area contributed by atoms with E-state index in [4.69, 9.17) is 4.74 Å². The molecule has 0 saturated carbocycles. The predicted molar refractivity (Wildman–Crippen MR) is 102 cm³/mol. The third-order valence-electron chi connectivity index (χ3n) is 4.50. The van der Waals surface area contributed by atoms with Gasteiger partial charge in [0.1, 0.15) is 24.2 Å². The summed E-state index contributed by atoms with van der Waals surface area (Å²) in [6, 6.07) is 12.5. The van der Waals surface area contributed by atoms with Gasteiger partial charge in [-0.15, -0.1) is 0 Å². The van der Waals surface area contributed by atoms with Gasteiger partial charge < -0.3 is 15.0 Å². The third-order valence-corrected chi connectivity index (χ3v) is 4.50. The van der Waals surface area contributed by atoms with Gasteiger partial charge in [-0.25, -0.2) is 9.97 Å². The number of ether oxygens (including phenoxy) is 1. The molecule has 8 heteroatoms. The van der Waals surface area contributed by atoms with Gasteiger partial charge in [-0.1, -0.05) is 30.3 Å². The second kappa shape index (κ2) is 7.51. The Hall–Kier alpha value is -3.68. The number of hydrogen-bond donors (Lipinski definition) is 2. The van der Waals surface area contributed by atoms with E-state index in [1.165, 1.54) is 11.1 Å². The van der Waals surface area contributed by atoms with Crippen LogP contribution < -0.4 is 15.0 Å².